The molecule has 0 spiro atoms. The monoisotopic (exact) mass is 135 g/mol. The van der Waals surface area contributed by atoms with Crippen molar-refractivity contribution in [2.75, 3.05) is 0 Å². The van der Waals surface area contributed by atoms with Crippen LogP contribution in [0.5, 0.6) is 0 Å². The van der Waals surface area contributed by atoms with Crippen molar-refractivity contribution in [1.29, 1.82) is 0 Å². The molecule has 0 aromatic heterocycles. The SMILES string of the molecule is CCC(C)(C)[P+](=O)O. The van der Waals surface area contributed by atoms with Crippen molar-refractivity contribution in [1.82, 2.24) is 0 Å². The Labute approximate surface area is 50.8 Å². The van der Waals surface area contributed by atoms with Gasteiger partial charge in [-0.15, -0.1) is 0 Å². The van der Waals surface area contributed by atoms with E-state index in [4.69, 9.17) is 4.89 Å². The standard InChI is InChI=1S/C5H11O2P/c1-4-5(2,3)8(6)7/h4H2,1-3H3/p+1. The fourth-order valence-electron chi connectivity index (χ4n) is 0.135. The Kier molecular flexibility index (Phi) is 2.58. The Morgan fingerprint density at radius 3 is 2.00 bits per heavy atom. The van der Waals surface area contributed by atoms with Gasteiger partial charge >= 0.3 is 8.03 Å². The highest BCUT2D eigenvalue weighted by Gasteiger charge is 2.36. The van der Waals surface area contributed by atoms with Crippen LogP contribution < -0.4 is 0 Å². The molecule has 2 nitrogen and oxygen atoms in total. The maximum absolute atomic E-state index is 10.4. The van der Waals surface area contributed by atoms with E-state index in [1.807, 2.05) is 6.92 Å². The molecule has 1 N–H and O–H groups in total. The first-order valence-corrected chi connectivity index (χ1v) is 3.88. The Morgan fingerprint density at radius 2 is 2.00 bits per heavy atom. The molecule has 48 valence electrons. The van der Waals surface area contributed by atoms with Crippen LogP contribution in [0.3, 0.4) is 0 Å². The van der Waals surface area contributed by atoms with Crippen molar-refractivity contribution in [2.45, 2.75) is 32.3 Å². The molecule has 0 radical (unpaired) electrons. The summed E-state index contributed by atoms with van der Waals surface area (Å²) in [7, 11) is -1.99. The topological polar surface area (TPSA) is 37.3 Å². The molecule has 8 heavy (non-hydrogen) atoms. The van der Waals surface area contributed by atoms with Crippen molar-refractivity contribution in [2.24, 2.45) is 0 Å². The fraction of sp³-hybridized carbons (Fsp3) is 1.00. The van der Waals surface area contributed by atoms with Crippen LogP contribution in [0.4, 0.5) is 0 Å². The zero-order valence-electron chi connectivity index (χ0n) is 5.51. The van der Waals surface area contributed by atoms with Gasteiger partial charge in [0.2, 0.25) is 0 Å². The Bertz CT molecular complexity index is 98.6. The van der Waals surface area contributed by atoms with Crippen LogP contribution in [0, 0.1) is 0 Å². The molecule has 0 amide bonds. The smallest absolute Gasteiger partial charge is 0.160 e. The summed E-state index contributed by atoms with van der Waals surface area (Å²) in [5, 5.41) is -0.394. The number of hydrogen-bond acceptors (Lipinski definition) is 1. The van der Waals surface area contributed by atoms with E-state index in [2.05, 4.69) is 0 Å². The van der Waals surface area contributed by atoms with Gasteiger partial charge in [0.1, 0.15) is 0 Å². The van der Waals surface area contributed by atoms with Crippen molar-refractivity contribution < 1.29 is 9.46 Å². The highest BCUT2D eigenvalue weighted by atomic mass is 31.1. The van der Waals surface area contributed by atoms with Crippen molar-refractivity contribution >= 4 is 8.03 Å². The largest absolute Gasteiger partial charge is 0.511 e. The van der Waals surface area contributed by atoms with Crippen LogP contribution in [0.25, 0.3) is 0 Å². The zero-order valence-corrected chi connectivity index (χ0v) is 6.40. The Balaban J connectivity index is 3.91. The average Bonchev–Trinajstić information content (AvgIpc) is 1.67. The lowest BCUT2D eigenvalue weighted by Gasteiger charge is -2.03. The summed E-state index contributed by atoms with van der Waals surface area (Å²) < 4.78 is 10.4. The lowest BCUT2D eigenvalue weighted by Crippen LogP contribution is -2.11. The van der Waals surface area contributed by atoms with Gasteiger partial charge in [0, 0.05) is 0 Å². The van der Waals surface area contributed by atoms with E-state index >= 15 is 0 Å². The zero-order chi connectivity index (χ0) is 6.78. The summed E-state index contributed by atoms with van der Waals surface area (Å²) in [6.45, 7) is 5.47. The summed E-state index contributed by atoms with van der Waals surface area (Å²) >= 11 is 0. The molecule has 0 saturated heterocycles. The third kappa shape index (κ3) is 1.89. The number of hydrogen-bond donors (Lipinski definition) is 1. The molecule has 0 aliphatic heterocycles. The van der Waals surface area contributed by atoms with Crippen LogP contribution in [-0.2, 0) is 4.57 Å². The molecule has 0 aliphatic carbocycles. The van der Waals surface area contributed by atoms with E-state index in [1.54, 1.807) is 13.8 Å². The van der Waals surface area contributed by atoms with Gasteiger partial charge in [-0.1, -0.05) is 6.92 Å². The minimum absolute atomic E-state index is 0.394. The molecule has 0 rings (SSSR count). The van der Waals surface area contributed by atoms with Gasteiger partial charge in [0.25, 0.3) is 0 Å². The van der Waals surface area contributed by atoms with Crippen molar-refractivity contribution in [3.63, 3.8) is 0 Å². The first kappa shape index (κ1) is 8.06. The van der Waals surface area contributed by atoms with Crippen LogP contribution in [0.1, 0.15) is 27.2 Å². The summed E-state index contributed by atoms with van der Waals surface area (Å²) in [6, 6.07) is 0. The van der Waals surface area contributed by atoms with Gasteiger partial charge in [0.05, 0.1) is 0 Å². The summed E-state index contributed by atoms with van der Waals surface area (Å²) in [5.74, 6) is 0. The molecular weight excluding hydrogens is 123 g/mol. The van der Waals surface area contributed by atoms with Gasteiger partial charge in [-0.05, 0) is 24.8 Å². The molecule has 1 unspecified atom stereocenters. The third-order valence-electron chi connectivity index (χ3n) is 1.38. The second kappa shape index (κ2) is 2.56. The first-order chi connectivity index (χ1) is 3.50. The molecule has 3 heteroatoms. The second-order valence-corrected chi connectivity index (χ2v) is 4.20. The highest BCUT2D eigenvalue weighted by molar-refractivity contribution is 7.39. The fourth-order valence-corrected chi connectivity index (χ4v) is 0.406. The van der Waals surface area contributed by atoms with Crippen LogP contribution >= 0.6 is 8.03 Å². The van der Waals surface area contributed by atoms with Crippen molar-refractivity contribution in [3.05, 3.63) is 0 Å². The highest BCUT2D eigenvalue weighted by Crippen LogP contribution is 2.36. The van der Waals surface area contributed by atoms with Gasteiger partial charge in [0.15, 0.2) is 5.16 Å². The quantitative estimate of drug-likeness (QED) is 0.587. The normalized spacial score (nSPS) is 13.8. The molecule has 0 bridgehead atoms. The average molecular weight is 135 g/mol. The maximum Gasteiger partial charge on any atom is 0.511 e. The number of rotatable bonds is 2. The van der Waals surface area contributed by atoms with Crippen LogP contribution in [-0.4, -0.2) is 10.0 Å². The Morgan fingerprint density at radius 1 is 1.62 bits per heavy atom. The summed E-state index contributed by atoms with van der Waals surface area (Å²) in [5.41, 5.74) is 0. The minimum atomic E-state index is -1.99. The van der Waals surface area contributed by atoms with Gasteiger partial charge < -0.3 is 0 Å². The van der Waals surface area contributed by atoms with Gasteiger partial charge in [-0.25, -0.2) is 0 Å². The third-order valence-corrected chi connectivity index (χ3v) is 2.73. The van der Waals surface area contributed by atoms with Gasteiger partial charge in [-0.3, -0.25) is 0 Å². The van der Waals surface area contributed by atoms with E-state index in [0.717, 1.165) is 6.42 Å². The molecule has 0 aromatic rings. The lowest BCUT2D eigenvalue weighted by molar-refractivity contribution is 0.459. The summed E-state index contributed by atoms with van der Waals surface area (Å²) in [4.78, 5) is 8.59. The molecular formula is C5H12O2P+. The van der Waals surface area contributed by atoms with Crippen LogP contribution in [0.15, 0.2) is 0 Å². The Hall–Kier alpha value is 0.0600. The van der Waals surface area contributed by atoms with E-state index in [-0.39, 0.29) is 0 Å². The lowest BCUT2D eigenvalue weighted by atomic mass is 10.1. The second-order valence-electron chi connectivity index (χ2n) is 2.44. The predicted octanol–water partition coefficient (Wildman–Crippen LogP) is 1.91. The van der Waals surface area contributed by atoms with E-state index < -0.39 is 13.2 Å². The van der Waals surface area contributed by atoms with Crippen LogP contribution in [0.2, 0.25) is 0 Å². The minimum Gasteiger partial charge on any atom is -0.160 e. The van der Waals surface area contributed by atoms with E-state index in [1.165, 1.54) is 0 Å². The van der Waals surface area contributed by atoms with Gasteiger partial charge in [-0.2, -0.15) is 4.89 Å². The summed E-state index contributed by atoms with van der Waals surface area (Å²) in [6.07, 6.45) is 0.749. The molecule has 0 saturated carbocycles. The van der Waals surface area contributed by atoms with E-state index in [9.17, 15) is 4.57 Å². The molecule has 1 atom stereocenters. The molecule has 0 heterocycles. The molecule has 0 aliphatic rings. The maximum atomic E-state index is 10.4. The molecule has 0 aromatic carbocycles. The predicted molar refractivity (Wildman–Crippen MR) is 34.2 cm³/mol. The van der Waals surface area contributed by atoms with E-state index in [0.29, 0.717) is 0 Å². The first-order valence-electron chi connectivity index (χ1n) is 2.67. The molecule has 0 fully saturated rings. The van der Waals surface area contributed by atoms with Crippen molar-refractivity contribution in [3.8, 4) is 0 Å².